The third kappa shape index (κ3) is 3.87. The maximum Gasteiger partial charge on any atom is 0.0478 e. The molecule has 2 N–H and O–H groups in total. The standard InChI is InChI=1S/C17H20BrNS/c1-12(2)13-7-9-14(10-8-13)20-17(11-19)15-5-3-4-6-16(15)18/h3-10,12,17H,11,19H2,1-2H3. The molecule has 0 aliphatic rings. The van der Waals surface area contributed by atoms with Crippen LogP contribution in [0.2, 0.25) is 0 Å². The van der Waals surface area contributed by atoms with Crippen LogP contribution in [0.1, 0.15) is 36.1 Å². The number of thioether (sulfide) groups is 1. The van der Waals surface area contributed by atoms with Gasteiger partial charge in [-0.05, 0) is 35.2 Å². The van der Waals surface area contributed by atoms with Crippen LogP contribution in [0, 0.1) is 0 Å². The molecular formula is C17H20BrNS. The Morgan fingerprint density at radius 1 is 1.05 bits per heavy atom. The van der Waals surface area contributed by atoms with Crippen molar-refractivity contribution >= 4 is 27.7 Å². The van der Waals surface area contributed by atoms with Crippen LogP contribution >= 0.6 is 27.7 Å². The Labute approximate surface area is 134 Å². The molecule has 20 heavy (non-hydrogen) atoms. The molecule has 0 amide bonds. The zero-order valence-corrected chi connectivity index (χ0v) is 14.2. The number of nitrogens with two attached hydrogens (primary N) is 1. The lowest BCUT2D eigenvalue weighted by Gasteiger charge is -2.17. The summed E-state index contributed by atoms with van der Waals surface area (Å²) in [5, 5.41) is 0.274. The van der Waals surface area contributed by atoms with Crippen molar-refractivity contribution in [3.63, 3.8) is 0 Å². The number of benzene rings is 2. The molecule has 2 aromatic rings. The number of halogens is 1. The van der Waals surface area contributed by atoms with E-state index >= 15 is 0 Å². The first kappa shape index (κ1) is 15.6. The molecule has 0 bridgehead atoms. The fourth-order valence-corrected chi connectivity index (χ4v) is 3.83. The van der Waals surface area contributed by atoms with Gasteiger partial charge >= 0.3 is 0 Å². The Bertz CT molecular complexity index is 551. The van der Waals surface area contributed by atoms with Crippen molar-refractivity contribution in [2.24, 2.45) is 5.73 Å². The fourth-order valence-electron chi connectivity index (χ4n) is 2.07. The predicted octanol–water partition coefficient (Wildman–Crippen LogP) is 5.36. The monoisotopic (exact) mass is 349 g/mol. The molecule has 1 nitrogen and oxygen atoms in total. The summed E-state index contributed by atoms with van der Waals surface area (Å²) in [6.45, 7) is 5.05. The van der Waals surface area contributed by atoms with E-state index in [1.165, 1.54) is 16.0 Å². The van der Waals surface area contributed by atoms with E-state index < -0.39 is 0 Å². The van der Waals surface area contributed by atoms with Crippen LogP contribution in [0.5, 0.6) is 0 Å². The van der Waals surface area contributed by atoms with E-state index in [0.717, 1.165) is 4.47 Å². The van der Waals surface area contributed by atoms with Crippen molar-refractivity contribution in [3.05, 3.63) is 64.1 Å². The van der Waals surface area contributed by atoms with Gasteiger partial charge in [0.25, 0.3) is 0 Å². The lowest BCUT2D eigenvalue weighted by atomic mass is 10.0. The number of hydrogen-bond donors (Lipinski definition) is 1. The minimum Gasteiger partial charge on any atom is -0.329 e. The van der Waals surface area contributed by atoms with Gasteiger partial charge in [-0.3, -0.25) is 0 Å². The van der Waals surface area contributed by atoms with E-state index in [9.17, 15) is 0 Å². The topological polar surface area (TPSA) is 26.0 Å². The smallest absolute Gasteiger partial charge is 0.0478 e. The first-order chi connectivity index (χ1) is 9.61. The summed E-state index contributed by atoms with van der Waals surface area (Å²) in [6, 6.07) is 17.1. The highest BCUT2D eigenvalue weighted by molar-refractivity contribution is 9.10. The van der Waals surface area contributed by atoms with Gasteiger partial charge in [0.15, 0.2) is 0 Å². The molecule has 2 aromatic carbocycles. The van der Waals surface area contributed by atoms with E-state index in [-0.39, 0.29) is 5.25 Å². The summed E-state index contributed by atoms with van der Waals surface area (Å²) in [5.74, 6) is 0.572. The number of hydrogen-bond acceptors (Lipinski definition) is 2. The van der Waals surface area contributed by atoms with E-state index in [2.05, 4.69) is 72.2 Å². The summed E-state index contributed by atoms with van der Waals surface area (Å²) in [4.78, 5) is 1.26. The molecule has 2 rings (SSSR count). The summed E-state index contributed by atoms with van der Waals surface area (Å²) in [6.07, 6.45) is 0. The van der Waals surface area contributed by atoms with E-state index in [0.29, 0.717) is 12.5 Å². The van der Waals surface area contributed by atoms with Gasteiger partial charge in [0.05, 0.1) is 0 Å². The Hall–Kier alpha value is -0.770. The molecule has 1 unspecified atom stereocenters. The second kappa shape index (κ2) is 7.30. The highest BCUT2D eigenvalue weighted by Crippen LogP contribution is 2.37. The van der Waals surface area contributed by atoms with Gasteiger partial charge in [-0.15, -0.1) is 11.8 Å². The Kier molecular flexibility index (Phi) is 5.70. The molecule has 106 valence electrons. The highest BCUT2D eigenvalue weighted by atomic mass is 79.9. The normalized spacial score (nSPS) is 12.7. The first-order valence-electron chi connectivity index (χ1n) is 6.83. The molecule has 0 saturated heterocycles. The molecule has 0 heterocycles. The lowest BCUT2D eigenvalue weighted by molar-refractivity contribution is 0.864. The molecule has 0 saturated carbocycles. The highest BCUT2D eigenvalue weighted by Gasteiger charge is 2.14. The molecule has 0 fully saturated rings. The molecule has 1 atom stereocenters. The van der Waals surface area contributed by atoms with Crippen LogP contribution < -0.4 is 5.73 Å². The van der Waals surface area contributed by atoms with Crippen molar-refractivity contribution in [1.29, 1.82) is 0 Å². The van der Waals surface area contributed by atoms with Crippen LogP contribution in [0.25, 0.3) is 0 Å². The Balaban J connectivity index is 2.16. The third-order valence-corrected chi connectivity index (χ3v) is 5.29. The van der Waals surface area contributed by atoms with Crippen LogP contribution in [0.15, 0.2) is 57.9 Å². The van der Waals surface area contributed by atoms with Crippen molar-refractivity contribution in [2.75, 3.05) is 6.54 Å². The molecule has 3 heteroatoms. The minimum atomic E-state index is 0.274. The molecule has 0 aromatic heterocycles. The largest absolute Gasteiger partial charge is 0.329 e. The van der Waals surface area contributed by atoms with Gasteiger partial charge in [-0.25, -0.2) is 0 Å². The lowest BCUT2D eigenvalue weighted by Crippen LogP contribution is -2.09. The van der Waals surface area contributed by atoms with E-state index in [1.54, 1.807) is 0 Å². The number of rotatable bonds is 5. The van der Waals surface area contributed by atoms with Crippen LogP contribution in [-0.4, -0.2) is 6.54 Å². The zero-order chi connectivity index (χ0) is 14.5. The maximum atomic E-state index is 5.96. The van der Waals surface area contributed by atoms with Crippen molar-refractivity contribution in [3.8, 4) is 0 Å². The molecule has 0 spiro atoms. The average molecular weight is 350 g/mol. The maximum absolute atomic E-state index is 5.96. The molecular weight excluding hydrogens is 330 g/mol. The van der Waals surface area contributed by atoms with Crippen molar-refractivity contribution in [2.45, 2.75) is 29.9 Å². The predicted molar refractivity (Wildman–Crippen MR) is 92.3 cm³/mol. The first-order valence-corrected chi connectivity index (χ1v) is 8.50. The summed E-state index contributed by atoms with van der Waals surface area (Å²) >= 11 is 5.43. The second-order valence-corrected chi connectivity index (χ2v) is 7.22. The van der Waals surface area contributed by atoms with Gasteiger partial charge in [0.1, 0.15) is 0 Å². The van der Waals surface area contributed by atoms with Crippen molar-refractivity contribution in [1.82, 2.24) is 0 Å². The van der Waals surface area contributed by atoms with E-state index in [1.807, 2.05) is 17.8 Å². The van der Waals surface area contributed by atoms with Gasteiger partial charge in [0, 0.05) is 21.2 Å². The molecule has 0 aliphatic carbocycles. The quantitative estimate of drug-likeness (QED) is 0.734. The van der Waals surface area contributed by atoms with Crippen molar-refractivity contribution < 1.29 is 0 Å². The van der Waals surface area contributed by atoms with Gasteiger partial charge in [-0.2, -0.15) is 0 Å². The van der Waals surface area contributed by atoms with E-state index in [4.69, 9.17) is 5.73 Å². The average Bonchev–Trinajstić information content (AvgIpc) is 2.46. The van der Waals surface area contributed by atoms with Gasteiger partial charge in [0.2, 0.25) is 0 Å². The molecule has 0 aliphatic heterocycles. The SMILES string of the molecule is CC(C)c1ccc(SC(CN)c2ccccc2Br)cc1. The zero-order valence-electron chi connectivity index (χ0n) is 11.8. The molecule has 0 radical (unpaired) electrons. The van der Waals surface area contributed by atoms with Gasteiger partial charge < -0.3 is 5.73 Å². The summed E-state index contributed by atoms with van der Waals surface area (Å²) in [5.41, 5.74) is 8.59. The summed E-state index contributed by atoms with van der Waals surface area (Å²) < 4.78 is 1.13. The second-order valence-electron chi connectivity index (χ2n) is 5.09. The fraction of sp³-hybridized carbons (Fsp3) is 0.294. The Morgan fingerprint density at radius 2 is 1.70 bits per heavy atom. The van der Waals surface area contributed by atoms with Crippen LogP contribution in [0.3, 0.4) is 0 Å². The van der Waals surface area contributed by atoms with Gasteiger partial charge in [-0.1, -0.05) is 60.1 Å². The van der Waals surface area contributed by atoms with Crippen LogP contribution in [0.4, 0.5) is 0 Å². The Morgan fingerprint density at radius 3 is 2.25 bits per heavy atom. The third-order valence-electron chi connectivity index (χ3n) is 3.29. The minimum absolute atomic E-state index is 0.274. The summed E-state index contributed by atoms with van der Waals surface area (Å²) in [7, 11) is 0. The van der Waals surface area contributed by atoms with Crippen LogP contribution in [-0.2, 0) is 0 Å².